The van der Waals surface area contributed by atoms with E-state index >= 15 is 0 Å². The van der Waals surface area contributed by atoms with Gasteiger partial charge < -0.3 is 16.0 Å². The van der Waals surface area contributed by atoms with E-state index in [-0.39, 0.29) is 6.04 Å². The van der Waals surface area contributed by atoms with E-state index in [9.17, 15) is 0 Å². The number of hydrogen-bond acceptors (Lipinski definition) is 5. The van der Waals surface area contributed by atoms with Gasteiger partial charge in [-0.3, -0.25) is 0 Å². The summed E-state index contributed by atoms with van der Waals surface area (Å²) < 4.78 is 0. The first-order chi connectivity index (χ1) is 7.27. The molecule has 1 saturated heterocycles. The van der Waals surface area contributed by atoms with Gasteiger partial charge in [0.2, 0.25) is 5.95 Å². The van der Waals surface area contributed by atoms with Crippen molar-refractivity contribution < 1.29 is 0 Å². The molecule has 1 atom stereocenters. The number of anilines is 1. The minimum absolute atomic E-state index is 0.00192. The largest absolute Gasteiger partial charge is 0.338 e. The third-order valence-corrected chi connectivity index (χ3v) is 2.58. The maximum atomic E-state index is 5.74. The fourth-order valence-electron chi connectivity index (χ4n) is 1.59. The van der Waals surface area contributed by atoms with Crippen LogP contribution in [0.25, 0.3) is 0 Å². The van der Waals surface area contributed by atoms with Crippen molar-refractivity contribution in [1.82, 2.24) is 15.3 Å². The number of piperazine rings is 1. The second-order valence-corrected chi connectivity index (χ2v) is 3.84. The number of nitrogens with zero attached hydrogens (tertiary/aromatic N) is 3. The third kappa shape index (κ3) is 2.43. The van der Waals surface area contributed by atoms with Gasteiger partial charge in [-0.05, 0) is 6.92 Å². The lowest BCUT2D eigenvalue weighted by molar-refractivity contribution is 0.579. The zero-order chi connectivity index (χ0) is 10.7. The van der Waals surface area contributed by atoms with Crippen molar-refractivity contribution >= 4 is 5.95 Å². The van der Waals surface area contributed by atoms with Crippen LogP contribution in [0.5, 0.6) is 0 Å². The monoisotopic (exact) mass is 207 g/mol. The molecule has 82 valence electrons. The second-order valence-electron chi connectivity index (χ2n) is 3.84. The molecule has 0 saturated carbocycles. The molecule has 1 aliphatic heterocycles. The van der Waals surface area contributed by atoms with Gasteiger partial charge in [-0.2, -0.15) is 0 Å². The molecule has 1 unspecified atom stereocenters. The van der Waals surface area contributed by atoms with Gasteiger partial charge in [0, 0.05) is 50.2 Å². The summed E-state index contributed by atoms with van der Waals surface area (Å²) in [6.07, 6.45) is 3.63. The summed E-state index contributed by atoms with van der Waals surface area (Å²) in [7, 11) is 0. The minimum Gasteiger partial charge on any atom is -0.338 e. The number of nitrogens with two attached hydrogens (primary N) is 1. The van der Waals surface area contributed by atoms with Crippen molar-refractivity contribution in [3.8, 4) is 0 Å². The zero-order valence-corrected chi connectivity index (χ0v) is 8.98. The van der Waals surface area contributed by atoms with E-state index in [0.29, 0.717) is 0 Å². The highest BCUT2D eigenvalue weighted by atomic mass is 15.3. The van der Waals surface area contributed by atoms with Gasteiger partial charge in [-0.25, -0.2) is 9.97 Å². The van der Waals surface area contributed by atoms with Crippen LogP contribution < -0.4 is 16.0 Å². The van der Waals surface area contributed by atoms with Crippen LogP contribution in [-0.2, 0) is 0 Å². The molecule has 0 radical (unpaired) electrons. The van der Waals surface area contributed by atoms with Gasteiger partial charge in [0.05, 0.1) is 0 Å². The van der Waals surface area contributed by atoms with Crippen LogP contribution in [0.2, 0.25) is 0 Å². The molecule has 1 aromatic heterocycles. The number of hydrogen-bond donors (Lipinski definition) is 2. The van der Waals surface area contributed by atoms with E-state index in [1.807, 2.05) is 19.3 Å². The van der Waals surface area contributed by atoms with Crippen LogP contribution in [0.1, 0.15) is 18.5 Å². The average Bonchev–Trinajstić information content (AvgIpc) is 2.30. The van der Waals surface area contributed by atoms with Gasteiger partial charge in [0.25, 0.3) is 0 Å². The number of rotatable bonds is 2. The minimum atomic E-state index is 0.00192. The fourth-order valence-corrected chi connectivity index (χ4v) is 1.59. The normalized spacial score (nSPS) is 18.9. The summed E-state index contributed by atoms with van der Waals surface area (Å²) in [5, 5.41) is 3.30. The predicted octanol–water partition coefficient (Wildman–Crippen LogP) is -0.0941. The highest BCUT2D eigenvalue weighted by molar-refractivity contribution is 5.31. The maximum absolute atomic E-state index is 5.74. The van der Waals surface area contributed by atoms with Gasteiger partial charge in [-0.15, -0.1) is 0 Å². The zero-order valence-electron chi connectivity index (χ0n) is 8.98. The van der Waals surface area contributed by atoms with Crippen LogP contribution in [0.15, 0.2) is 12.4 Å². The highest BCUT2D eigenvalue weighted by Crippen LogP contribution is 2.11. The third-order valence-electron chi connectivity index (χ3n) is 2.58. The van der Waals surface area contributed by atoms with Crippen LogP contribution in [-0.4, -0.2) is 36.1 Å². The van der Waals surface area contributed by atoms with E-state index in [4.69, 9.17) is 5.73 Å². The predicted molar refractivity (Wildman–Crippen MR) is 59.7 cm³/mol. The first-order valence-electron chi connectivity index (χ1n) is 5.30. The Morgan fingerprint density at radius 3 is 2.47 bits per heavy atom. The molecule has 2 rings (SSSR count). The summed E-state index contributed by atoms with van der Waals surface area (Å²) >= 11 is 0. The number of aromatic nitrogens is 2. The second kappa shape index (κ2) is 4.55. The maximum Gasteiger partial charge on any atom is 0.225 e. The van der Waals surface area contributed by atoms with Crippen LogP contribution in [0.3, 0.4) is 0 Å². The molecule has 5 heteroatoms. The Kier molecular flexibility index (Phi) is 3.13. The summed E-state index contributed by atoms with van der Waals surface area (Å²) in [6.45, 7) is 5.87. The topological polar surface area (TPSA) is 67.1 Å². The molecular weight excluding hydrogens is 190 g/mol. The number of nitrogens with one attached hydrogen (secondary N) is 1. The van der Waals surface area contributed by atoms with E-state index in [1.165, 1.54) is 0 Å². The first-order valence-corrected chi connectivity index (χ1v) is 5.30. The Morgan fingerprint density at radius 2 is 1.93 bits per heavy atom. The summed E-state index contributed by atoms with van der Waals surface area (Å²) in [5.41, 5.74) is 6.72. The molecule has 1 fully saturated rings. The molecular formula is C10H17N5. The van der Waals surface area contributed by atoms with E-state index in [0.717, 1.165) is 37.7 Å². The van der Waals surface area contributed by atoms with Crippen molar-refractivity contribution in [2.75, 3.05) is 31.1 Å². The molecule has 5 nitrogen and oxygen atoms in total. The molecule has 3 N–H and O–H groups in total. The quantitative estimate of drug-likeness (QED) is 0.709. The Bertz CT molecular complexity index is 302. The van der Waals surface area contributed by atoms with Crippen LogP contribution in [0, 0.1) is 0 Å². The SMILES string of the molecule is CC(N)c1cnc(N2CCNCC2)nc1. The molecule has 0 spiro atoms. The van der Waals surface area contributed by atoms with Crippen molar-refractivity contribution in [3.05, 3.63) is 18.0 Å². The van der Waals surface area contributed by atoms with Gasteiger partial charge in [-0.1, -0.05) is 0 Å². The van der Waals surface area contributed by atoms with Gasteiger partial charge in [0.1, 0.15) is 0 Å². The fraction of sp³-hybridized carbons (Fsp3) is 0.600. The molecule has 2 heterocycles. The standard InChI is InChI=1S/C10H17N5/c1-8(11)9-6-13-10(14-7-9)15-4-2-12-3-5-15/h6-8,12H,2-5,11H2,1H3. The van der Waals surface area contributed by atoms with Crippen molar-refractivity contribution in [2.24, 2.45) is 5.73 Å². The Hall–Kier alpha value is -1.20. The molecule has 0 aromatic carbocycles. The van der Waals surface area contributed by atoms with Gasteiger partial charge in [0.15, 0.2) is 0 Å². The van der Waals surface area contributed by atoms with Crippen LogP contribution >= 0.6 is 0 Å². The van der Waals surface area contributed by atoms with E-state index < -0.39 is 0 Å². The lowest BCUT2D eigenvalue weighted by Gasteiger charge is -2.27. The summed E-state index contributed by atoms with van der Waals surface area (Å²) in [6, 6.07) is 0.00192. The van der Waals surface area contributed by atoms with Crippen molar-refractivity contribution in [2.45, 2.75) is 13.0 Å². The molecule has 15 heavy (non-hydrogen) atoms. The van der Waals surface area contributed by atoms with Crippen molar-refractivity contribution in [1.29, 1.82) is 0 Å². The lowest BCUT2D eigenvalue weighted by atomic mass is 10.2. The Balaban J connectivity index is 2.08. The summed E-state index contributed by atoms with van der Waals surface area (Å²) in [5.74, 6) is 0.806. The van der Waals surface area contributed by atoms with Crippen LogP contribution in [0.4, 0.5) is 5.95 Å². The lowest BCUT2D eigenvalue weighted by Crippen LogP contribution is -2.44. The van der Waals surface area contributed by atoms with E-state index in [2.05, 4.69) is 20.2 Å². The molecule has 1 aromatic rings. The Morgan fingerprint density at radius 1 is 1.33 bits per heavy atom. The Labute approximate surface area is 89.7 Å². The first kappa shape index (κ1) is 10.3. The average molecular weight is 207 g/mol. The van der Waals surface area contributed by atoms with E-state index in [1.54, 1.807) is 0 Å². The molecule has 0 bridgehead atoms. The summed E-state index contributed by atoms with van der Waals surface area (Å²) in [4.78, 5) is 10.8. The van der Waals surface area contributed by atoms with Gasteiger partial charge >= 0.3 is 0 Å². The smallest absolute Gasteiger partial charge is 0.225 e. The molecule has 0 amide bonds. The molecule has 1 aliphatic rings. The van der Waals surface area contributed by atoms with Crippen molar-refractivity contribution in [3.63, 3.8) is 0 Å². The highest BCUT2D eigenvalue weighted by Gasteiger charge is 2.12. The molecule has 0 aliphatic carbocycles.